The molecule has 120 valence electrons. The zero-order valence-electron chi connectivity index (χ0n) is 12.0. The smallest absolute Gasteiger partial charge is 0.332 e. The largest absolute Gasteiger partial charge is 0.478 e. The third kappa shape index (κ3) is 6.89. The van der Waals surface area contributed by atoms with E-state index >= 15 is 0 Å². The molecular formula is C13H22N2O6. The summed E-state index contributed by atoms with van der Waals surface area (Å²) >= 11 is 0. The molecule has 0 saturated heterocycles. The van der Waals surface area contributed by atoms with Gasteiger partial charge in [-0.25, -0.2) is 9.59 Å². The van der Waals surface area contributed by atoms with Crippen LogP contribution in [0.25, 0.3) is 0 Å². The van der Waals surface area contributed by atoms with E-state index in [1.54, 1.807) is 4.90 Å². The molecule has 0 saturated carbocycles. The van der Waals surface area contributed by atoms with E-state index in [2.05, 4.69) is 6.58 Å². The number of hydrogen-bond donors (Lipinski definition) is 4. The lowest BCUT2D eigenvalue weighted by Crippen LogP contribution is -2.41. The quantitative estimate of drug-likeness (QED) is 0.298. The maximum atomic E-state index is 11.0. The molecule has 0 aromatic carbocycles. The lowest BCUT2D eigenvalue weighted by molar-refractivity contribution is -0.134. The Balaban J connectivity index is 4.84. The lowest BCUT2D eigenvalue weighted by Gasteiger charge is -2.30. The molecule has 4 N–H and O–H groups in total. The Morgan fingerprint density at radius 2 is 1.81 bits per heavy atom. The van der Waals surface area contributed by atoms with Crippen LogP contribution in [-0.4, -0.2) is 74.8 Å². The first-order valence-corrected chi connectivity index (χ1v) is 6.40. The Bertz CT molecular complexity index is 392. The van der Waals surface area contributed by atoms with Crippen LogP contribution in [0.15, 0.2) is 24.4 Å². The standard InChI is InChI=1S/C13H22N2O6/c1-3-14(7-5-12(18)19)6-4-11(10(2)13(20)21)15(8-16)9-17/h5,7,11,16-17H,2-4,6,8-9H2,1H3,(H,18,19)(H,20,21). The molecule has 0 aliphatic heterocycles. The average molecular weight is 302 g/mol. The Morgan fingerprint density at radius 1 is 1.24 bits per heavy atom. The van der Waals surface area contributed by atoms with Crippen LogP contribution in [0.2, 0.25) is 0 Å². The summed E-state index contributed by atoms with van der Waals surface area (Å²) in [5.74, 6) is -2.29. The molecule has 0 aromatic heterocycles. The first kappa shape index (κ1) is 19.1. The fourth-order valence-electron chi connectivity index (χ4n) is 1.76. The minimum Gasteiger partial charge on any atom is -0.478 e. The molecule has 1 unspecified atom stereocenters. The first-order valence-electron chi connectivity index (χ1n) is 6.40. The highest BCUT2D eigenvalue weighted by atomic mass is 16.4. The second-order valence-corrected chi connectivity index (χ2v) is 4.29. The van der Waals surface area contributed by atoms with Crippen LogP contribution < -0.4 is 0 Å². The highest BCUT2D eigenvalue weighted by molar-refractivity contribution is 5.87. The van der Waals surface area contributed by atoms with E-state index in [-0.39, 0.29) is 12.0 Å². The summed E-state index contributed by atoms with van der Waals surface area (Å²) in [5.41, 5.74) is -0.142. The highest BCUT2D eigenvalue weighted by Gasteiger charge is 2.24. The van der Waals surface area contributed by atoms with Crippen LogP contribution in [-0.2, 0) is 9.59 Å². The van der Waals surface area contributed by atoms with Gasteiger partial charge in [-0.2, -0.15) is 0 Å². The van der Waals surface area contributed by atoms with E-state index in [1.165, 1.54) is 6.20 Å². The minimum atomic E-state index is -1.21. The summed E-state index contributed by atoms with van der Waals surface area (Å²) in [6.07, 6.45) is 2.65. The summed E-state index contributed by atoms with van der Waals surface area (Å²) in [7, 11) is 0. The number of aliphatic hydroxyl groups is 2. The van der Waals surface area contributed by atoms with Gasteiger partial charge in [-0.05, 0) is 13.3 Å². The number of rotatable bonds is 11. The SMILES string of the molecule is C=C(C(=O)O)C(CCN(C=CC(=O)O)CC)N(CO)CO. The fraction of sp³-hybridized carbons (Fsp3) is 0.538. The van der Waals surface area contributed by atoms with Crippen LogP contribution in [0.3, 0.4) is 0 Å². The number of carbonyl (C=O) groups is 2. The maximum Gasteiger partial charge on any atom is 0.332 e. The Morgan fingerprint density at radius 3 is 2.19 bits per heavy atom. The van der Waals surface area contributed by atoms with Crippen molar-refractivity contribution in [2.24, 2.45) is 0 Å². The lowest BCUT2D eigenvalue weighted by atomic mass is 10.0. The molecule has 0 aliphatic carbocycles. The summed E-state index contributed by atoms with van der Waals surface area (Å²) in [5, 5.41) is 35.9. The fourth-order valence-corrected chi connectivity index (χ4v) is 1.76. The highest BCUT2D eigenvalue weighted by Crippen LogP contribution is 2.14. The number of aliphatic hydroxyl groups excluding tert-OH is 2. The second-order valence-electron chi connectivity index (χ2n) is 4.29. The van der Waals surface area contributed by atoms with E-state index in [4.69, 9.17) is 20.4 Å². The van der Waals surface area contributed by atoms with Crippen molar-refractivity contribution >= 4 is 11.9 Å². The van der Waals surface area contributed by atoms with E-state index in [1.807, 2.05) is 6.92 Å². The molecule has 8 heteroatoms. The molecule has 21 heavy (non-hydrogen) atoms. The molecular weight excluding hydrogens is 280 g/mol. The Labute approximate surface area is 123 Å². The van der Waals surface area contributed by atoms with Gasteiger partial charge in [0.1, 0.15) is 0 Å². The normalized spacial score (nSPS) is 12.6. The van der Waals surface area contributed by atoms with Gasteiger partial charge in [-0.1, -0.05) is 6.58 Å². The molecule has 0 aliphatic rings. The molecule has 0 bridgehead atoms. The molecule has 0 amide bonds. The minimum absolute atomic E-state index is 0.142. The third-order valence-corrected chi connectivity index (χ3v) is 3.00. The van der Waals surface area contributed by atoms with E-state index < -0.39 is 31.4 Å². The van der Waals surface area contributed by atoms with Gasteiger partial charge in [0.25, 0.3) is 0 Å². The van der Waals surface area contributed by atoms with Gasteiger partial charge < -0.3 is 25.3 Å². The average Bonchev–Trinajstić information content (AvgIpc) is 2.45. The second kappa shape index (κ2) is 9.92. The predicted octanol–water partition coefficient (Wildman–Crippen LogP) is -0.492. The van der Waals surface area contributed by atoms with Crippen LogP contribution in [0.4, 0.5) is 0 Å². The van der Waals surface area contributed by atoms with Gasteiger partial charge in [-0.3, -0.25) is 4.90 Å². The van der Waals surface area contributed by atoms with Gasteiger partial charge in [0.05, 0.1) is 13.5 Å². The number of hydrogen-bond acceptors (Lipinski definition) is 6. The van der Waals surface area contributed by atoms with Gasteiger partial charge in [0.15, 0.2) is 0 Å². The van der Waals surface area contributed by atoms with Gasteiger partial charge >= 0.3 is 11.9 Å². The molecule has 0 heterocycles. The monoisotopic (exact) mass is 302 g/mol. The first-order chi connectivity index (χ1) is 9.87. The third-order valence-electron chi connectivity index (χ3n) is 3.00. The van der Waals surface area contributed by atoms with Crippen LogP contribution in [0, 0.1) is 0 Å². The topological polar surface area (TPSA) is 122 Å². The molecule has 0 spiro atoms. The van der Waals surface area contributed by atoms with Crippen molar-refractivity contribution in [1.82, 2.24) is 9.80 Å². The molecule has 8 nitrogen and oxygen atoms in total. The van der Waals surface area contributed by atoms with Gasteiger partial charge in [0, 0.05) is 37.0 Å². The maximum absolute atomic E-state index is 11.0. The predicted molar refractivity (Wildman–Crippen MR) is 75.2 cm³/mol. The van der Waals surface area contributed by atoms with Crippen molar-refractivity contribution in [3.63, 3.8) is 0 Å². The molecule has 0 rings (SSSR count). The number of carboxylic acid groups (broad SMARTS) is 2. The van der Waals surface area contributed by atoms with Gasteiger partial charge in [0.2, 0.25) is 0 Å². The summed E-state index contributed by atoms with van der Waals surface area (Å²) < 4.78 is 0. The van der Waals surface area contributed by atoms with E-state index in [9.17, 15) is 9.59 Å². The number of nitrogens with zero attached hydrogens (tertiary/aromatic N) is 2. The summed E-state index contributed by atoms with van der Waals surface area (Å²) in [4.78, 5) is 24.3. The number of carboxylic acids is 2. The van der Waals surface area contributed by atoms with E-state index in [0.717, 1.165) is 11.0 Å². The van der Waals surface area contributed by atoms with Crippen LogP contribution in [0.5, 0.6) is 0 Å². The van der Waals surface area contributed by atoms with Crippen molar-refractivity contribution in [1.29, 1.82) is 0 Å². The zero-order valence-corrected chi connectivity index (χ0v) is 12.0. The molecule has 0 radical (unpaired) electrons. The van der Waals surface area contributed by atoms with E-state index in [0.29, 0.717) is 13.1 Å². The van der Waals surface area contributed by atoms with Crippen LogP contribution in [0.1, 0.15) is 13.3 Å². The van der Waals surface area contributed by atoms with Crippen molar-refractivity contribution in [3.8, 4) is 0 Å². The Hall–Kier alpha value is -1.90. The zero-order chi connectivity index (χ0) is 16.4. The van der Waals surface area contributed by atoms with Crippen molar-refractivity contribution in [2.75, 3.05) is 26.6 Å². The van der Waals surface area contributed by atoms with Gasteiger partial charge in [-0.15, -0.1) is 0 Å². The van der Waals surface area contributed by atoms with Crippen molar-refractivity contribution in [3.05, 3.63) is 24.4 Å². The number of aliphatic carboxylic acids is 2. The summed E-state index contributed by atoms with van der Waals surface area (Å²) in [6.45, 7) is 5.15. The summed E-state index contributed by atoms with van der Waals surface area (Å²) in [6, 6.07) is -0.746. The Kier molecular flexibility index (Phi) is 9.02. The molecule has 1 atom stereocenters. The van der Waals surface area contributed by atoms with Crippen molar-refractivity contribution < 1.29 is 30.0 Å². The van der Waals surface area contributed by atoms with Crippen LogP contribution >= 0.6 is 0 Å². The molecule has 0 fully saturated rings. The van der Waals surface area contributed by atoms with Crippen molar-refractivity contribution in [2.45, 2.75) is 19.4 Å². The molecule has 0 aromatic rings.